The van der Waals surface area contributed by atoms with Crippen LogP contribution in [0.1, 0.15) is 15.6 Å². The molecule has 0 unspecified atom stereocenters. The highest BCUT2D eigenvalue weighted by molar-refractivity contribution is 7.13. The predicted octanol–water partition coefficient (Wildman–Crippen LogP) is 4.50. The summed E-state index contributed by atoms with van der Waals surface area (Å²) in [6.45, 7) is 4.93. The summed E-state index contributed by atoms with van der Waals surface area (Å²) < 4.78 is 0. The van der Waals surface area contributed by atoms with E-state index in [9.17, 15) is 0 Å². The number of hydrogen-bond donors (Lipinski definition) is 1. The topological polar surface area (TPSA) is 37.8 Å². The van der Waals surface area contributed by atoms with Gasteiger partial charge in [-0.05, 0) is 26.0 Å². The van der Waals surface area contributed by atoms with Crippen LogP contribution >= 0.6 is 22.7 Å². The Kier molecular flexibility index (Phi) is 3.80. The molecule has 2 aromatic heterocycles. The summed E-state index contributed by atoms with van der Waals surface area (Å²) in [6.07, 6.45) is 1.84. The average Bonchev–Trinajstić information content (AvgIpc) is 3.07. The van der Waals surface area contributed by atoms with Gasteiger partial charge in [-0.25, -0.2) is 9.97 Å². The lowest BCUT2D eigenvalue weighted by molar-refractivity contribution is 1.11. The van der Waals surface area contributed by atoms with Crippen molar-refractivity contribution in [1.82, 2.24) is 9.97 Å². The van der Waals surface area contributed by atoms with Crippen LogP contribution < -0.4 is 5.32 Å². The first-order valence-corrected chi connectivity index (χ1v) is 8.09. The van der Waals surface area contributed by atoms with E-state index in [1.54, 1.807) is 22.7 Å². The van der Waals surface area contributed by atoms with E-state index in [0.29, 0.717) is 0 Å². The number of hydrogen-bond acceptors (Lipinski definition) is 5. The van der Waals surface area contributed by atoms with Gasteiger partial charge in [0.1, 0.15) is 5.01 Å². The van der Waals surface area contributed by atoms with Gasteiger partial charge in [0.25, 0.3) is 0 Å². The van der Waals surface area contributed by atoms with Crippen LogP contribution in [0, 0.1) is 13.8 Å². The van der Waals surface area contributed by atoms with Crippen molar-refractivity contribution in [2.24, 2.45) is 0 Å². The van der Waals surface area contributed by atoms with E-state index >= 15 is 0 Å². The molecular formula is C15H15N3S2. The Morgan fingerprint density at radius 3 is 2.85 bits per heavy atom. The highest BCUT2D eigenvalue weighted by atomic mass is 32.1. The van der Waals surface area contributed by atoms with Crippen LogP contribution in [-0.2, 0) is 6.54 Å². The SMILES string of the molecule is Cc1nc(C)c(CNc2cccc(-c3nccs3)c2)s1. The number of aromatic nitrogens is 2. The monoisotopic (exact) mass is 301 g/mol. The molecule has 0 saturated heterocycles. The van der Waals surface area contributed by atoms with Crippen LogP contribution in [0.3, 0.4) is 0 Å². The third kappa shape index (κ3) is 2.89. The summed E-state index contributed by atoms with van der Waals surface area (Å²) in [5.74, 6) is 0. The van der Waals surface area contributed by atoms with Crippen LogP contribution in [0.15, 0.2) is 35.8 Å². The standard InChI is InChI=1S/C15H15N3S2/c1-10-14(20-11(2)18-10)9-17-13-5-3-4-12(8-13)15-16-6-7-19-15/h3-8,17H,9H2,1-2H3. The summed E-state index contributed by atoms with van der Waals surface area (Å²) in [7, 11) is 0. The fourth-order valence-corrected chi connectivity index (χ4v) is 3.56. The molecule has 0 aliphatic carbocycles. The molecule has 3 rings (SSSR count). The molecule has 102 valence electrons. The number of nitrogens with one attached hydrogen (secondary N) is 1. The van der Waals surface area contributed by atoms with Gasteiger partial charge >= 0.3 is 0 Å². The predicted molar refractivity (Wildman–Crippen MR) is 86.5 cm³/mol. The molecule has 0 aliphatic rings. The molecule has 1 N–H and O–H groups in total. The zero-order valence-electron chi connectivity index (χ0n) is 11.4. The largest absolute Gasteiger partial charge is 0.380 e. The number of anilines is 1. The van der Waals surface area contributed by atoms with Gasteiger partial charge in [-0.3, -0.25) is 0 Å². The number of rotatable bonds is 4. The molecule has 0 spiro atoms. The zero-order valence-corrected chi connectivity index (χ0v) is 13.0. The quantitative estimate of drug-likeness (QED) is 0.771. The minimum absolute atomic E-state index is 0.818. The number of thiazole rings is 2. The fourth-order valence-electron chi connectivity index (χ4n) is 2.05. The van der Waals surface area contributed by atoms with Crippen LogP contribution in [-0.4, -0.2) is 9.97 Å². The van der Waals surface area contributed by atoms with Gasteiger partial charge in [0, 0.05) is 27.7 Å². The second kappa shape index (κ2) is 5.73. The molecule has 2 heterocycles. The van der Waals surface area contributed by atoms with Crippen molar-refractivity contribution in [2.45, 2.75) is 20.4 Å². The molecule has 1 aromatic carbocycles. The van der Waals surface area contributed by atoms with Crippen molar-refractivity contribution in [2.75, 3.05) is 5.32 Å². The first-order valence-electron chi connectivity index (χ1n) is 6.39. The van der Waals surface area contributed by atoms with Gasteiger partial charge in [-0.2, -0.15) is 0 Å². The van der Waals surface area contributed by atoms with Crippen LogP contribution in [0.4, 0.5) is 5.69 Å². The Hall–Kier alpha value is -1.72. The van der Waals surface area contributed by atoms with Gasteiger partial charge < -0.3 is 5.32 Å². The Balaban J connectivity index is 1.75. The van der Waals surface area contributed by atoms with Crippen molar-refractivity contribution in [1.29, 1.82) is 0 Å². The third-order valence-electron chi connectivity index (χ3n) is 2.99. The number of aryl methyl sites for hydroxylation is 2. The van der Waals surface area contributed by atoms with E-state index in [4.69, 9.17) is 0 Å². The van der Waals surface area contributed by atoms with Crippen LogP contribution in [0.2, 0.25) is 0 Å². The smallest absolute Gasteiger partial charge is 0.123 e. The van der Waals surface area contributed by atoms with E-state index in [1.807, 2.05) is 18.5 Å². The maximum Gasteiger partial charge on any atom is 0.123 e. The van der Waals surface area contributed by atoms with Gasteiger partial charge in [-0.1, -0.05) is 12.1 Å². The van der Waals surface area contributed by atoms with E-state index < -0.39 is 0 Å². The molecule has 0 amide bonds. The van der Waals surface area contributed by atoms with Gasteiger partial charge in [0.05, 0.1) is 17.2 Å². The van der Waals surface area contributed by atoms with Crippen molar-refractivity contribution < 1.29 is 0 Å². The first-order chi connectivity index (χ1) is 9.72. The third-order valence-corrected chi connectivity index (χ3v) is 4.89. The number of benzene rings is 1. The summed E-state index contributed by atoms with van der Waals surface area (Å²) in [4.78, 5) is 10.1. The summed E-state index contributed by atoms with van der Waals surface area (Å²) in [5.41, 5.74) is 3.39. The lowest BCUT2D eigenvalue weighted by Gasteiger charge is -2.06. The lowest BCUT2D eigenvalue weighted by atomic mass is 10.2. The molecule has 0 radical (unpaired) electrons. The Morgan fingerprint density at radius 1 is 1.25 bits per heavy atom. The summed E-state index contributed by atoms with van der Waals surface area (Å²) >= 11 is 3.41. The molecule has 0 atom stereocenters. The summed E-state index contributed by atoms with van der Waals surface area (Å²) in [5, 5.41) is 7.64. The molecular weight excluding hydrogens is 286 g/mol. The summed E-state index contributed by atoms with van der Waals surface area (Å²) in [6, 6.07) is 8.37. The maximum absolute atomic E-state index is 4.45. The van der Waals surface area contributed by atoms with Gasteiger partial charge in [0.2, 0.25) is 0 Å². The van der Waals surface area contributed by atoms with Crippen LogP contribution in [0.25, 0.3) is 10.6 Å². The minimum atomic E-state index is 0.818. The number of nitrogens with zero attached hydrogens (tertiary/aromatic N) is 2. The fraction of sp³-hybridized carbons (Fsp3) is 0.200. The van der Waals surface area contributed by atoms with Crippen molar-refractivity contribution in [3.8, 4) is 10.6 Å². The zero-order chi connectivity index (χ0) is 13.9. The molecule has 0 bridgehead atoms. The van der Waals surface area contributed by atoms with E-state index in [-0.39, 0.29) is 0 Å². The van der Waals surface area contributed by atoms with E-state index in [1.165, 1.54) is 4.88 Å². The van der Waals surface area contributed by atoms with Gasteiger partial charge in [-0.15, -0.1) is 22.7 Å². The second-order valence-corrected chi connectivity index (χ2v) is 6.70. The van der Waals surface area contributed by atoms with Crippen molar-refractivity contribution in [3.05, 3.63) is 51.4 Å². The second-order valence-electron chi connectivity index (χ2n) is 4.51. The average molecular weight is 301 g/mol. The highest BCUT2D eigenvalue weighted by Gasteiger charge is 2.05. The molecule has 0 saturated carbocycles. The van der Waals surface area contributed by atoms with Crippen molar-refractivity contribution >= 4 is 28.4 Å². The molecule has 0 fully saturated rings. The van der Waals surface area contributed by atoms with Crippen LogP contribution in [0.5, 0.6) is 0 Å². The minimum Gasteiger partial charge on any atom is -0.380 e. The Morgan fingerprint density at radius 2 is 2.15 bits per heavy atom. The highest BCUT2D eigenvalue weighted by Crippen LogP contribution is 2.25. The van der Waals surface area contributed by atoms with E-state index in [0.717, 1.165) is 33.5 Å². The molecule has 5 heteroatoms. The van der Waals surface area contributed by atoms with Gasteiger partial charge in [0.15, 0.2) is 0 Å². The van der Waals surface area contributed by atoms with Crippen molar-refractivity contribution in [3.63, 3.8) is 0 Å². The Bertz CT molecular complexity index is 702. The molecule has 20 heavy (non-hydrogen) atoms. The normalized spacial score (nSPS) is 10.7. The van der Waals surface area contributed by atoms with E-state index in [2.05, 4.69) is 46.5 Å². The molecule has 3 nitrogen and oxygen atoms in total. The first kappa shape index (κ1) is 13.3. The lowest BCUT2D eigenvalue weighted by Crippen LogP contribution is -1.99. The molecule has 3 aromatic rings. The molecule has 0 aliphatic heterocycles. The Labute approximate surface area is 126 Å². The maximum atomic E-state index is 4.45.